The van der Waals surface area contributed by atoms with E-state index in [1.54, 1.807) is 42.9 Å². The third kappa shape index (κ3) is 3.52. The van der Waals surface area contributed by atoms with Crippen LogP contribution in [0.5, 0.6) is 5.75 Å². The number of sulfonamides is 1. The lowest BCUT2D eigenvalue weighted by Crippen LogP contribution is -2.32. The van der Waals surface area contributed by atoms with Crippen LogP contribution in [0.4, 0.5) is 5.69 Å². The summed E-state index contributed by atoms with van der Waals surface area (Å²) in [6.07, 6.45) is 1.54. The van der Waals surface area contributed by atoms with Gasteiger partial charge in [0.2, 0.25) is 0 Å². The normalized spacial score (nSPS) is 15.3. The van der Waals surface area contributed by atoms with Gasteiger partial charge in [-0.15, -0.1) is 0 Å². The number of nitrogens with zero attached hydrogens (tertiary/aromatic N) is 2. The van der Waals surface area contributed by atoms with Gasteiger partial charge < -0.3 is 4.74 Å². The Labute approximate surface area is 175 Å². The fourth-order valence-corrected chi connectivity index (χ4v) is 4.85. The summed E-state index contributed by atoms with van der Waals surface area (Å²) in [6, 6.07) is 13.9. The first-order valence-electron chi connectivity index (χ1n) is 9.78. The molecule has 1 aromatic heterocycles. The highest BCUT2D eigenvalue weighted by atomic mass is 32.2. The number of hydrogen-bond acceptors (Lipinski definition) is 4. The molecule has 0 bridgehead atoms. The summed E-state index contributed by atoms with van der Waals surface area (Å²) in [6.45, 7) is 5.73. The molecule has 1 aliphatic rings. The SMILES string of the molecule is Cc1c(NS(=O)(=O)c2ccc3c(c2)CCC(C)(C)O3)c(=O)n(-c2ccccc2)n1C. The summed E-state index contributed by atoms with van der Waals surface area (Å²) in [4.78, 5) is 13.1. The summed E-state index contributed by atoms with van der Waals surface area (Å²) in [5.41, 5.74) is 1.38. The lowest BCUT2D eigenvalue weighted by molar-refractivity contribution is 0.0845. The molecule has 30 heavy (non-hydrogen) atoms. The lowest BCUT2D eigenvalue weighted by Gasteiger charge is -2.32. The number of anilines is 1. The van der Waals surface area contributed by atoms with E-state index in [0.29, 0.717) is 17.1 Å². The van der Waals surface area contributed by atoms with Crippen LogP contribution in [0.2, 0.25) is 0 Å². The average molecular weight is 428 g/mol. The molecule has 0 unspecified atom stereocenters. The molecule has 4 rings (SSSR count). The van der Waals surface area contributed by atoms with E-state index in [1.807, 2.05) is 32.0 Å². The number of ether oxygens (including phenoxy) is 1. The van der Waals surface area contributed by atoms with Crippen LogP contribution in [0.25, 0.3) is 5.69 Å². The third-order valence-electron chi connectivity index (χ3n) is 5.52. The molecule has 8 heteroatoms. The van der Waals surface area contributed by atoms with Gasteiger partial charge >= 0.3 is 0 Å². The van der Waals surface area contributed by atoms with E-state index in [9.17, 15) is 13.2 Å². The molecule has 0 spiro atoms. The summed E-state index contributed by atoms with van der Waals surface area (Å²) >= 11 is 0. The Balaban J connectivity index is 1.71. The Hall–Kier alpha value is -3.00. The standard InChI is InChI=1S/C22H25N3O4S/c1-15-20(21(26)25(24(15)4)17-8-6-5-7-9-17)23-30(27,28)18-10-11-19-16(14-18)12-13-22(2,3)29-19/h5-11,14,23H,12-13H2,1-4H3. The number of rotatable bonds is 4. The van der Waals surface area contributed by atoms with Crippen LogP contribution in [0.3, 0.4) is 0 Å². The second-order valence-corrected chi connectivity index (χ2v) is 9.86. The minimum absolute atomic E-state index is 0.0384. The van der Waals surface area contributed by atoms with Crippen molar-refractivity contribution in [1.82, 2.24) is 9.36 Å². The molecule has 0 fully saturated rings. The van der Waals surface area contributed by atoms with Crippen LogP contribution < -0.4 is 15.0 Å². The molecular weight excluding hydrogens is 402 g/mol. The van der Waals surface area contributed by atoms with E-state index in [-0.39, 0.29) is 16.2 Å². The first kappa shape index (κ1) is 20.3. The van der Waals surface area contributed by atoms with Gasteiger partial charge in [0.25, 0.3) is 15.6 Å². The van der Waals surface area contributed by atoms with E-state index >= 15 is 0 Å². The van der Waals surface area contributed by atoms with Crippen molar-refractivity contribution in [3.05, 3.63) is 70.1 Å². The number of para-hydroxylation sites is 1. The van der Waals surface area contributed by atoms with Gasteiger partial charge in [-0.2, -0.15) is 0 Å². The van der Waals surface area contributed by atoms with Crippen LogP contribution in [0.15, 0.2) is 58.2 Å². The molecule has 7 nitrogen and oxygen atoms in total. The maximum atomic E-state index is 13.1. The van der Waals surface area contributed by atoms with Crippen molar-refractivity contribution < 1.29 is 13.2 Å². The highest BCUT2D eigenvalue weighted by molar-refractivity contribution is 7.92. The lowest BCUT2D eigenvalue weighted by atomic mass is 9.94. The zero-order valence-electron chi connectivity index (χ0n) is 17.5. The predicted octanol–water partition coefficient (Wildman–Crippen LogP) is 3.39. The molecular formula is C22H25N3O4S. The van der Waals surface area contributed by atoms with Crippen LogP contribution in [-0.4, -0.2) is 23.4 Å². The largest absolute Gasteiger partial charge is 0.488 e. The highest BCUT2D eigenvalue weighted by Gasteiger charge is 2.28. The molecule has 1 N–H and O–H groups in total. The topological polar surface area (TPSA) is 82.3 Å². The number of hydrogen-bond donors (Lipinski definition) is 1. The Kier molecular flexibility index (Phi) is 4.77. The van der Waals surface area contributed by atoms with Gasteiger partial charge in [-0.05, 0) is 69.5 Å². The quantitative estimate of drug-likeness (QED) is 0.692. The smallest absolute Gasteiger partial charge is 0.296 e. The summed E-state index contributed by atoms with van der Waals surface area (Å²) in [5, 5.41) is 0. The number of fused-ring (bicyclic) bond motifs is 1. The molecule has 2 heterocycles. The number of aromatic nitrogens is 2. The van der Waals surface area contributed by atoms with Gasteiger partial charge in [-0.1, -0.05) is 18.2 Å². The van der Waals surface area contributed by atoms with Crippen molar-refractivity contribution in [2.75, 3.05) is 4.72 Å². The van der Waals surface area contributed by atoms with Crippen LogP contribution in [0.1, 0.15) is 31.5 Å². The van der Waals surface area contributed by atoms with E-state index in [4.69, 9.17) is 4.74 Å². The van der Waals surface area contributed by atoms with Crippen LogP contribution in [0, 0.1) is 6.92 Å². The Morgan fingerprint density at radius 3 is 2.50 bits per heavy atom. The maximum absolute atomic E-state index is 13.1. The van der Waals surface area contributed by atoms with E-state index in [1.165, 1.54) is 10.7 Å². The molecule has 0 saturated heterocycles. The van der Waals surface area contributed by atoms with Gasteiger partial charge in [-0.25, -0.2) is 13.1 Å². The van der Waals surface area contributed by atoms with Crippen molar-refractivity contribution in [1.29, 1.82) is 0 Å². The molecule has 0 atom stereocenters. The third-order valence-corrected chi connectivity index (χ3v) is 6.86. The van der Waals surface area contributed by atoms with Crippen molar-refractivity contribution in [3.63, 3.8) is 0 Å². The van der Waals surface area contributed by atoms with Gasteiger partial charge in [0.1, 0.15) is 17.0 Å². The zero-order chi connectivity index (χ0) is 21.7. The molecule has 0 amide bonds. The van der Waals surface area contributed by atoms with Gasteiger partial charge in [0.15, 0.2) is 0 Å². The first-order valence-corrected chi connectivity index (χ1v) is 11.3. The highest BCUT2D eigenvalue weighted by Crippen LogP contribution is 2.34. The first-order chi connectivity index (χ1) is 14.1. The molecule has 0 saturated carbocycles. The second-order valence-electron chi connectivity index (χ2n) is 8.17. The minimum Gasteiger partial charge on any atom is -0.488 e. The van der Waals surface area contributed by atoms with E-state index < -0.39 is 15.6 Å². The molecule has 0 aliphatic carbocycles. The fourth-order valence-electron chi connectivity index (χ4n) is 3.68. The van der Waals surface area contributed by atoms with Gasteiger partial charge in [0.05, 0.1) is 16.3 Å². The van der Waals surface area contributed by atoms with Crippen molar-refractivity contribution in [3.8, 4) is 11.4 Å². The van der Waals surface area contributed by atoms with Crippen molar-refractivity contribution in [2.45, 2.75) is 44.1 Å². The fraction of sp³-hybridized carbons (Fsp3) is 0.318. The summed E-state index contributed by atoms with van der Waals surface area (Å²) in [7, 11) is -2.22. The summed E-state index contributed by atoms with van der Waals surface area (Å²) in [5.74, 6) is 0.701. The van der Waals surface area contributed by atoms with Crippen LogP contribution >= 0.6 is 0 Å². The molecule has 158 valence electrons. The molecule has 1 aliphatic heterocycles. The van der Waals surface area contributed by atoms with Crippen molar-refractivity contribution >= 4 is 15.7 Å². The Morgan fingerprint density at radius 1 is 1.10 bits per heavy atom. The Morgan fingerprint density at radius 2 is 1.80 bits per heavy atom. The molecule has 0 radical (unpaired) electrons. The maximum Gasteiger partial charge on any atom is 0.296 e. The minimum atomic E-state index is -3.94. The summed E-state index contributed by atoms with van der Waals surface area (Å²) < 4.78 is 37.7. The zero-order valence-corrected chi connectivity index (χ0v) is 18.3. The van der Waals surface area contributed by atoms with Gasteiger partial charge in [-0.3, -0.25) is 14.2 Å². The predicted molar refractivity (Wildman–Crippen MR) is 116 cm³/mol. The van der Waals surface area contributed by atoms with Crippen molar-refractivity contribution in [2.24, 2.45) is 7.05 Å². The van der Waals surface area contributed by atoms with Gasteiger partial charge in [0, 0.05) is 7.05 Å². The molecule has 2 aromatic carbocycles. The van der Waals surface area contributed by atoms with E-state index in [2.05, 4.69) is 4.72 Å². The molecule has 3 aromatic rings. The monoisotopic (exact) mass is 427 g/mol. The van der Waals surface area contributed by atoms with E-state index in [0.717, 1.165) is 18.4 Å². The average Bonchev–Trinajstić information content (AvgIpc) is 2.90. The van der Waals surface area contributed by atoms with Crippen LogP contribution in [-0.2, 0) is 23.5 Å². The number of aryl methyl sites for hydroxylation is 1. The Bertz CT molecular complexity index is 1270. The number of nitrogens with one attached hydrogen (secondary N) is 1. The second kappa shape index (κ2) is 7.05. The number of benzene rings is 2.